The molecule has 310 valence electrons. The fourth-order valence-electron chi connectivity index (χ4n) is 9.10. The Morgan fingerprint density at radius 2 is 0.797 bits per heavy atom. The fourth-order valence-corrected chi connectivity index (χ4v) is 9.10. The molecule has 0 saturated carbocycles. The van der Waals surface area contributed by atoms with Gasteiger partial charge in [0.2, 0.25) is 0 Å². The van der Waals surface area contributed by atoms with Crippen LogP contribution < -0.4 is 9.47 Å². The molecule has 0 aliphatic heterocycles. The first-order valence-electron chi connectivity index (χ1n) is 21.5. The molecule has 0 spiro atoms. The number of aromatic nitrogens is 6. The number of hydrogen-bond acceptors (Lipinski definition) is 6. The van der Waals surface area contributed by atoms with Crippen LogP contribution in [0.25, 0.3) is 77.8 Å². The predicted octanol–water partition coefficient (Wildman–Crippen LogP) is 14.2. The molecule has 0 atom stereocenters. The van der Waals surface area contributed by atoms with Crippen LogP contribution in [0.4, 0.5) is 0 Å². The second-order valence-electron chi connectivity index (χ2n) is 16.8. The molecule has 0 fully saturated rings. The van der Waals surface area contributed by atoms with Crippen molar-refractivity contribution in [3.8, 4) is 57.1 Å². The Labute approximate surface area is 371 Å². The zero-order valence-corrected chi connectivity index (χ0v) is 36.5. The van der Waals surface area contributed by atoms with Gasteiger partial charge in [-0.15, -0.1) is 0 Å². The number of ether oxygens (including phenoxy) is 2. The van der Waals surface area contributed by atoms with Gasteiger partial charge in [0.25, 0.3) is 0 Å². The Bertz CT molecular complexity index is 3400. The van der Waals surface area contributed by atoms with Crippen molar-refractivity contribution >= 4 is 43.6 Å². The van der Waals surface area contributed by atoms with Crippen LogP contribution in [0.2, 0.25) is 0 Å². The van der Waals surface area contributed by atoms with E-state index in [1.54, 1.807) is 0 Å². The highest BCUT2D eigenvalue weighted by Gasteiger charge is 2.18. The fraction of sp³-hybridized carbons (Fsp3) is 0.107. The summed E-state index contributed by atoms with van der Waals surface area (Å²) < 4.78 is 17.8. The van der Waals surface area contributed by atoms with Crippen LogP contribution in [-0.2, 0) is 0 Å². The van der Waals surface area contributed by atoms with E-state index in [0.29, 0.717) is 0 Å². The molecule has 0 aliphatic carbocycles. The minimum atomic E-state index is 0.738. The van der Waals surface area contributed by atoms with E-state index in [-0.39, 0.29) is 0 Å². The summed E-state index contributed by atoms with van der Waals surface area (Å²) in [6.07, 6.45) is 7.42. The van der Waals surface area contributed by atoms with Gasteiger partial charge in [-0.2, -0.15) is 0 Å². The molecular weight excluding hydrogens is 789 g/mol. The molecule has 0 N–H and O–H groups in total. The molecule has 11 rings (SSSR count). The summed E-state index contributed by atoms with van der Waals surface area (Å²) in [6.45, 7) is 12.5. The van der Waals surface area contributed by atoms with Crippen LogP contribution in [0.1, 0.15) is 33.4 Å². The Kier molecular flexibility index (Phi) is 9.31. The third-order valence-corrected chi connectivity index (χ3v) is 12.3. The number of nitrogens with zero attached hydrogens (tertiary/aromatic N) is 6. The lowest BCUT2D eigenvalue weighted by Gasteiger charge is -2.15. The summed E-state index contributed by atoms with van der Waals surface area (Å²) >= 11 is 0. The summed E-state index contributed by atoms with van der Waals surface area (Å²) in [6, 6.07) is 46.2. The van der Waals surface area contributed by atoms with Gasteiger partial charge in [0.15, 0.2) is 0 Å². The van der Waals surface area contributed by atoms with Crippen molar-refractivity contribution < 1.29 is 9.47 Å². The number of benzene rings is 6. The van der Waals surface area contributed by atoms with Crippen LogP contribution in [-0.4, -0.2) is 29.1 Å². The smallest absolute Gasteiger partial charge is 0.137 e. The molecule has 5 heterocycles. The number of hydrogen-bond donors (Lipinski definition) is 0. The van der Waals surface area contributed by atoms with Crippen LogP contribution >= 0.6 is 0 Å². The van der Waals surface area contributed by atoms with Crippen LogP contribution in [0, 0.1) is 41.5 Å². The van der Waals surface area contributed by atoms with Gasteiger partial charge in [-0.05, 0) is 148 Å². The Morgan fingerprint density at radius 1 is 0.375 bits per heavy atom. The van der Waals surface area contributed by atoms with Gasteiger partial charge >= 0.3 is 0 Å². The molecule has 0 unspecified atom stereocenters. The molecule has 8 heteroatoms. The molecule has 64 heavy (non-hydrogen) atoms. The van der Waals surface area contributed by atoms with Crippen molar-refractivity contribution in [1.29, 1.82) is 0 Å². The van der Waals surface area contributed by atoms with E-state index in [0.717, 1.165) is 123 Å². The minimum absolute atomic E-state index is 0.738. The van der Waals surface area contributed by atoms with Gasteiger partial charge in [-0.1, -0.05) is 48.5 Å². The van der Waals surface area contributed by atoms with Crippen LogP contribution in [0.5, 0.6) is 23.0 Å². The lowest BCUT2D eigenvalue weighted by molar-refractivity contribution is 0.479. The van der Waals surface area contributed by atoms with Gasteiger partial charge in [-0.3, -0.25) is 19.1 Å². The summed E-state index contributed by atoms with van der Waals surface area (Å²) in [5, 5.41) is 4.62. The SMILES string of the molecule is Cc1ccnc(-n2c3ccccc3c3ccc(Oc4cc(-c5cnc(-c6cc(Oc7ccc8c9ccccc9n(-c9cc(C)ccn9)c8c7)c(C)cc6C)cn5)c(C)cc4C)cc32)c1. The zero-order chi connectivity index (χ0) is 43.6. The molecule has 8 nitrogen and oxygen atoms in total. The highest BCUT2D eigenvalue weighted by molar-refractivity contribution is 6.10. The van der Waals surface area contributed by atoms with Crippen molar-refractivity contribution in [2.45, 2.75) is 41.5 Å². The lowest BCUT2D eigenvalue weighted by Crippen LogP contribution is -1.98. The van der Waals surface area contributed by atoms with E-state index in [2.05, 4.69) is 160 Å². The average Bonchev–Trinajstić information content (AvgIpc) is 3.80. The second-order valence-corrected chi connectivity index (χ2v) is 16.8. The van der Waals surface area contributed by atoms with E-state index in [1.807, 2.05) is 49.1 Å². The highest BCUT2D eigenvalue weighted by atomic mass is 16.5. The molecule has 5 aromatic heterocycles. The van der Waals surface area contributed by atoms with Crippen molar-refractivity contribution in [2.75, 3.05) is 0 Å². The Morgan fingerprint density at radius 3 is 1.22 bits per heavy atom. The van der Waals surface area contributed by atoms with E-state index in [9.17, 15) is 0 Å². The van der Waals surface area contributed by atoms with Gasteiger partial charge in [0, 0.05) is 57.2 Å². The zero-order valence-electron chi connectivity index (χ0n) is 36.5. The standard InChI is InChI=1S/C56H44N6O2/c1-33-19-21-57-55(23-33)61-49-13-9-7-11-41(49)43-17-15-39(27-51(43)61)63-53-29-45(35(3)25-37(53)5)47-31-60-48(32-59-47)46-30-54(38(6)26-36(46)4)64-40-16-18-44-42-12-8-10-14-50(42)62(52(44)28-40)56-24-34(2)20-22-58-56/h7-32H,1-6H3. The maximum atomic E-state index is 6.70. The normalized spacial score (nSPS) is 11.6. The summed E-state index contributed by atoms with van der Waals surface area (Å²) in [4.78, 5) is 19.5. The highest BCUT2D eigenvalue weighted by Crippen LogP contribution is 2.40. The first-order valence-corrected chi connectivity index (χ1v) is 21.5. The summed E-state index contributed by atoms with van der Waals surface area (Å²) in [5.41, 5.74) is 14.2. The number of fused-ring (bicyclic) bond motifs is 6. The molecular formula is C56H44N6O2. The Hall–Kier alpha value is -8.10. The van der Waals surface area contributed by atoms with Gasteiger partial charge in [0.05, 0.1) is 45.8 Å². The number of rotatable bonds is 8. The van der Waals surface area contributed by atoms with Gasteiger partial charge in [-0.25, -0.2) is 9.97 Å². The lowest BCUT2D eigenvalue weighted by atomic mass is 10.0. The molecule has 11 aromatic rings. The maximum absolute atomic E-state index is 6.70. The predicted molar refractivity (Wildman–Crippen MR) is 259 cm³/mol. The summed E-state index contributed by atoms with van der Waals surface area (Å²) in [5.74, 6) is 4.74. The minimum Gasteiger partial charge on any atom is -0.457 e. The average molecular weight is 833 g/mol. The Balaban J connectivity index is 0.899. The third-order valence-electron chi connectivity index (χ3n) is 12.3. The molecule has 0 aliphatic rings. The van der Waals surface area contributed by atoms with E-state index in [1.165, 1.54) is 10.8 Å². The number of pyridine rings is 2. The van der Waals surface area contributed by atoms with Crippen molar-refractivity contribution in [3.05, 3.63) is 192 Å². The quantitative estimate of drug-likeness (QED) is 0.152. The largest absolute Gasteiger partial charge is 0.457 e. The van der Waals surface area contributed by atoms with E-state index >= 15 is 0 Å². The van der Waals surface area contributed by atoms with Crippen LogP contribution in [0.15, 0.2) is 158 Å². The van der Waals surface area contributed by atoms with Gasteiger partial charge < -0.3 is 9.47 Å². The van der Waals surface area contributed by atoms with Crippen molar-refractivity contribution in [2.24, 2.45) is 0 Å². The molecule has 0 radical (unpaired) electrons. The van der Waals surface area contributed by atoms with Crippen molar-refractivity contribution in [3.63, 3.8) is 0 Å². The first-order chi connectivity index (χ1) is 31.2. The van der Waals surface area contributed by atoms with Crippen molar-refractivity contribution in [1.82, 2.24) is 29.1 Å². The first kappa shape index (κ1) is 38.8. The molecule has 6 aromatic carbocycles. The molecule has 0 bridgehead atoms. The third kappa shape index (κ3) is 6.71. The second kappa shape index (κ2) is 15.4. The number of aryl methyl sites for hydroxylation is 6. The number of para-hydroxylation sites is 2. The topological polar surface area (TPSA) is 79.9 Å². The maximum Gasteiger partial charge on any atom is 0.137 e. The molecule has 0 amide bonds. The van der Waals surface area contributed by atoms with Crippen LogP contribution in [0.3, 0.4) is 0 Å². The van der Waals surface area contributed by atoms with Gasteiger partial charge in [0.1, 0.15) is 34.6 Å². The molecule has 0 saturated heterocycles. The van der Waals surface area contributed by atoms with E-state index in [4.69, 9.17) is 29.4 Å². The monoisotopic (exact) mass is 832 g/mol. The van der Waals surface area contributed by atoms with E-state index < -0.39 is 0 Å². The summed E-state index contributed by atoms with van der Waals surface area (Å²) in [7, 11) is 0.